The molecule has 3 rings (SSSR count). The molecule has 0 aliphatic carbocycles. The van der Waals surface area contributed by atoms with E-state index in [1.807, 2.05) is 0 Å². The molecule has 2 aromatic heterocycles. The molecule has 1 N–H and O–H groups in total. The summed E-state index contributed by atoms with van der Waals surface area (Å²) < 4.78 is 10.2. The Kier molecular flexibility index (Phi) is 6.65. The number of ether oxygens (including phenoxy) is 1. The van der Waals surface area contributed by atoms with E-state index in [2.05, 4.69) is 4.98 Å². The Hall–Kier alpha value is -3.32. The molecule has 0 radical (unpaired) electrons. The molecule has 1 amide bonds. The summed E-state index contributed by atoms with van der Waals surface area (Å²) in [6, 6.07) is 9.25. The number of amides is 1. The number of H-pyrrole nitrogens is 1. The number of nitrogens with one attached hydrogen (secondary N) is 1. The Morgan fingerprint density at radius 3 is 2.48 bits per heavy atom. The van der Waals surface area contributed by atoms with Crippen LogP contribution in [0.2, 0.25) is 5.02 Å². The summed E-state index contributed by atoms with van der Waals surface area (Å²) in [6.45, 7) is 5.09. The number of aryl methyl sites for hydroxylation is 1. The summed E-state index contributed by atoms with van der Waals surface area (Å²) in [6.07, 6.45) is 1.50. The standard InChI is InChI=1S/C23H23ClN2O5/c1-13-19(14(2)25-20(13)23(29)30-4)21(27)15(3)26(12-16-8-7-11-31-16)22(28)17-9-5-6-10-18(17)24/h5-11,15,25H,12H2,1-4H3/t15-/m0/s1. The first-order valence-electron chi connectivity index (χ1n) is 9.65. The van der Waals surface area contributed by atoms with Crippen LogP contribution in [-0.2, 0) is 11.3 Å². The number of carbonyl (C=O) groups is 3. The minimum atomic E-state index is -0.854. The van der Waals surface area contributed by atoms with E-state index in [0.717, 1.165) is 0 Å². The number of hydrogen-bond acceptors (Lipinski definition) is 5. The number of aromatic nitrogens is 1. The van der Waals surface area contributed by atoms with Gasteiger partial charge in [0.2, 0.25) is 0 Å². The van der Waals surface area contributed by atoms with Gasteiger partial charge in [0.1, 0.15) is 11.5 Å². The van der Waals surface area contributed by atoms with Crippen LogP contribution in [0.1, 0.15) is 55.1 Å². The van der Waals surface area contributed by atoms with Crippen LogP contribution >= 0.6 is 11.6 Å². The number of nitrogens with zero attached hydrogens (tertiary/aromatic N) is 1. The monoisotopic (exact) mass is 442 g/mol. The second-order valence-electron chi connectivity index (χ2n) is 7.15. The molecule has 2 heterocycles. The van der Waals surface area contributed by atoms with Crippen molar-refractivity contribution in [2.45, 2.75) is 33.4 Å². The van der Waals surface area contributed by atoms with Crippen molar-refractivity contribution in [2.75, 3.05) is 7.11 Å². The number of Topliss-reactive ketones (excluding diaryl/α,β-unsaturated/α-hetero) is 1. The van der Waals surface area contributed by atoms with E-state index in [1.165, 1.54) is 18.3 Å². The minimum absolute atomic E-state index is 0.0797. The number of aromatic amines is 1. The van der Waals surface area contributed by atoms with E-state index in [0.29, 0.717) is 27.6 Å². The van der Waals surface area contributed by atoms with Gasteiger partial charge in [-0.2, -0.15) is 0 Å². The molecule has 162 valence electrons. The molecule has 0 aliphatic rings. The minimum Gasteiger partial charge on any atom is -0.467 e. The fourth-order valence-corrected chi connectivity index (χ4v) is 3.74. The van der Waals surface area contributed by atoms with Crippen LogP contribution in [0.15, 0.2) is 47.1 Å². The van der Waals surface area contributed by atoms with Crippen molar-refractivity contribution in [3.05, 3.63) is 81.5 Å². The van der Waals surface area contributed by atoms with Crippen LogP contribution < -0.4 is 0 Å². The molecular formula is C23H23ClN2O5. The van der Waals surface area contributed by atoms with Crippen molar-refractivity contribution < 1.29 is 23.5 Å². The highest BCUT2D eigenvalue weighted by molar-refractivity contribution is 6.33. The number of ketones is 1. The molecule has 0 saturated carbocycles. The molecule has 0 unspecified atom stereocenters. The Bertz CT molecular complexity index is 1120. The number of halogens is 1. The van der Waals surface area contributed by atoms with Crippen molar-refractivity contribution in [1.82, 2.24) is 9.88 Å². The smallest absolute Gasteiger partial charge is 0.354 e. The third-order valence-electron chi connectivity index (χ3n) is 5.19. The molecule has 0 fully saturated rings. The summed E-state index contributed by atoms with van der Waals surface area (Å²) in [5.41, 5.74) is 1.85. The summed E-state index contributed by atoms with van der Waals surface area (Å²) in [4.78, 5) is 43.2. The Labute approximate surface area is 184 Å². The molecule has 0 aliphatic heterocycles. The van der Waals surface area contributed by atoms with Gasteiger partial charge in [-0.1, -0.05) is 23.7 Å². The lowest BCUT2D eigenvalue weighted by Crippen LogP contribution is -2.43. The summed E-state index contributed by atoms with van der Waals surface area (Å²) >= 11 is 6.24. The van der Waals surface area contributed by atoms with E-state index >= 15 is 0 Å². The highest BCUT2D eigenvalue weighted by Crippen LogP contribution is 2.25. The van der Waals surface area contributed by atoms with Gasteiger partial charge in [-0.15, -0.1) is 0 Å². The zero-order valence-electron chi connectivity index (χ0n) is 17.7. The highest BCUT2D eigenvalue weighted by Gasteiger charge is 2.32. The lowest BCUT2D eigenvalue weighted by Gasteiger charge is -2.28. The molecule has 0 spiro atoms. The fourth-order valence-electron chi connectivity index (χ4n) is 3.52. The van der Waals surface area contributed by atoms with Crippen LogP contribution in [-0.4, -0.2) is 40.7 Å². The predicted octanol–water partition coefficient (Wildman–Crippen LogP) is 4.58. The van der Waals surface area contributed by atoms with E-state index in [-0.39, 0.29) is 23.6 Å². The van der Waals surface area contributed by atoms with Crippen molar-refractivity contribution in [1.29, 1.82) is 0 Å². The quantitative estimate of drug-likeness (QED) is 0.427. The van der Waals surface area contributed by atoms with E-state index in [4.69, 9.17) is 20.8 Å². The zero-order valence-corrected chi connectivity index (χ0v) is 18.4. The number of furan rings is 1. The second-order valence-corrected chi connectivity index (χ2v) is 7.56. The van der Waals surface area contributed by atoms with Gasteiger partial charge in [-0.25, -0.2) is 4.79 Å². The first-order valence-corrected chi connectivity index (χ1v) is 10.0. The van der Waals surface area contributed by atoms with E-state index in [9.17, 15) is 14.4 Å². The highest BCUT2D eigenvalue weighted by atomic mass is 35.5. The normalized spacial score (nSPS) is 11.8. The third-order valence-corrected chi connectivity index (χ3v) is 5.52. The molecule has 1 aromatic carbocycles. The number of benzene rings is 1. The van der Waals surface area contributed by atoms with Crippen LogP contribution in [0, 0.1) is 13.8 Å². The fraction of sp³-hybridized carbons (Fsp3) is 0.261. The SMILES string of the molecule is COC(=O)c1[nH]c(C)c(C(=O)[C@H](C)N(Cc2ccco2)C(=O)c2ccccc2Cl)c1C. The van der Waals surface area contributed by atoms with Gasteiger partial charge in [0.25, 0.3) is 5.91 Å². The predicted molar refractivity (Wildman–Crippen MR) is 115 cm³/mol. The number of carbonyl (C=O) groups excluding carboxylic acids is 3. The van der Waals surface area contributed by atoms with E-state index in [1.54, 1.807) is 57.2 Å². The topological polar surface area (TPSA) is 92.6 Å². The summed E-state index contributed by atoms with van der Waals surface area (Å²) in [5.74, 6) is -0.750. The van der Waals surface area contributed by atoms with Crippen molar-refractivity contribution in [3.8, 4) is 0 Å². The maximum Gasteiger partial charge on any atom is 0.354 e. The van der Waals surface area contributed by atoms with Gasteiger partial charge < -0.3 is 19.0 Å². The van der Waals surface area contributed by atoms with Crippen molar-refractivity contribution in [2.24, 2.45) is 0 Å². The summed E-state index contributed by atoms with van der Waals surface area (Å²) in [7, 11) is 1.27. The molecular weight excluding hydrogens is 420 g/mol. The van der Waals surface area contributed by atoms with Crippen LogP contribution in [0.5, 0.6) is 0 Å². The van der Waals surface area contributed by atoms with Crippen LogP contribution in [0.3, 0.4) is 0 Å². The van der Waals surface area contributed by atoms with Crippen molar-refractivity contribution >= 4 is 29.3 Å². The zero-order chi connectivity index (χ0) is 22.7. The Morgan fingerprint density at radius 1 is 1.16 bits per heavy atom. The molecule has 3 aromatic rings. The molecule has 7 nitrogen and oxygen atoms in total. The molecule has 0 saturated heterocycles. The second kappa shape index (κ2) is 9.22. The van der Waals surface area contributed by atoms with Gasteiger partial charge in [0, 0.05) is 11.3 Å². The maximum atomic E-state index is 13.5. The van der Waals surface area contributed by atoms with E-state index < -0.39 is 17.9 Å². The molecule has 1 atom stereocenters. The van der Waals surface area contributed by atoms with Crippen LogP contribution in [0.4, 0.5) is 0 Å². The Balaban J connectivity index is 2.00. The first kappa shape index (κ1) is 22.4. The third kappa shape index (κ3) is 4.41. The number of esters is 1. The maximum absolute atomic E-state index is 13.5. The average Bonchev–Trinajstić information content (AvgIpc) is 3.37. The molecule has 0 bridgehead atoms. The summed E-state index contributed by atoms with van der Waals surface area (Å²) in [5, 5.41) is 0.290. The Morgan fingerprint density at radius 2 is 1.87 bits per heavy atom. The molecule has 31 heavy (non-hydrogen) atoms. The average molecular weight is 443 g/mol. The lowest BCUT2D eigenvalue weighted by atomic mass is 9.99. The first-order chi connectivity index (χ1) is 14.8. The van der Waals surface area contributed by atoms with Gasteiger partial charge in [-0.05, 0) is 50.6 Å². The number of methoxy groups -OCH3 is 1. The van der Waals surface area contributed by atoms with Gasteiger partial charge in [0.05, 0.1) is 36.5 Å². The number of rotatable bonds is 7. The number of hydrogen-bond donors (Lipinski definition) is 1. The van der Waals surface area contributed by atoms with Crippen LogP contribution in [0.25, 0.3) is 0 Å². The lowest BCUT2D eigenvalue weighted by molar-refractivity contribution is 0.0590. The van der Waals surface area contributed by atoms with Gasteiger partial charge in [-0.3, -0.25) is 9.59 Å². The largest absolute Gasteiger partial charge is 0.467 e. The van der Waals surface area contributed by atoms with Gasteiger partial charge >= 0.3 is 5.97 Å². The van der Waals surface area contributed by atoms with Gasteiger partial charge in [0.15, 0.2) is 5.78 Å². The molecule has 8 heteroatoms. The van der Waals surface area contributed by atoms with Crippen molar-refractivity contribution in [3.63, 3.8) is 0 Å².